The van der Waals surface area contributed by atoms with Crippen LogP contribution in [0.25, 0.3) is 5.69 Å². The van der Waals surface area contributed by atoms with Crippen LogP contribution in [0.5, 0.6) is 0 Å². The maximum atomic E-state index is 11.6. The van der Waals surface area contributed by atoms with Crippen LogP contribution in [0.3, 0.4) is 0 Å². The molecule has 3 nitrogen and oxygen atoms in total. The monoisotopic (exact) mass is 249 g/mol. The number of rotatable bonds is 2. The number of esters is 1. The molecule has 1 heterocycles. The van der Waals surface area contributed by atoms with Crippen molar-refractivity contribution in [3.63, 3.8) is 0 Å². The largest absolute Gasteiger partial charge is 0.464 e. The maximum absolute atomic E-state index is 11.6. The Hall–Kier alpha value is -1.74. The number of carbonyl (C=O) groups is 1. The van der Waals surface area contributed by atoms with E-state index in [1.54, 1.807) is 16.7 Å². The van der Waals surface area contributed by atoms with Gasteiger partial charge < -0.3 is 9.30 Å². The van der Waals surface area contributed by atoms with Crippen molar-refractivity contribution in [3.05, 3.63) is 52.8 Å². The van der Waals surface area contributed by atoms with Crippen molar-refractivity contribution in [1.29, 1.82) is 0 Å². The molecule has 0 aliphatic carbocycles. The number of carbonyl (C=O) groups excluding carboxylic acids is 1. The molecule has 1 aromatic carbocycles. The number of hydrogen-bond donors (Lipinski definition) is 0. The smallest absolute Gasteiger partial charge is 0.355 e. The third kappa shape index (κ3) is 2.19. The van der Waals surface area contributed by atoms with E-state index in [1.165, 1.54) is 7.11 Å². The number of benzene rings is 1. The molecule has 0 N–H and O–H groups in total. The summed E-state index contributed by atoms with van der Waals surface area (Å²) < 4.78 is 6.50. The highest BCUT2D eigenvalue weighted by atomic mass is 35.5. The predicted octanol–water partition coefficient (Wildman–Crippen LogP) is 3.23. The average Bonchev–Trinajstić information content (AvgIpc) is 2.80. The molecule has 1 aromatic heterocycles. The zero-order chi connectivity index (χ0) is 12.4. The third-order valence-electron chi connectivity index (χ3n) is 2.57. The summed E-state index contributed by atoms with van der Waals surface area (Å²) in [6.45, 7) is 1.97. The van der Waals surface area contributed by atoms with Crippen molar-refractivity contribution in [3.8, 4) is 5.69 Å². The number of aromatic nitrogens is 1. The lowest BCUT2D eigenvalue weighted by atomic mass is 10.2. The van der Waals surface area contributed by atoms with Gasteiger partial charge in [-0.2, -0.15) is 0 Å². The molecule has 0 radical (unpaired) electrons. The van der Waals surface area contributed by atoms with Crippen LogP contribution in [0.2, 0.25) is 5.02 Å². The molecule has 0 saturated carbocycles. The number of halogens is 1. The van der Waals surface area contributed by atoms with E-state index in [-0.39, 0.29) is 5.97 Å². The summed E-state index contributed by atoms with van der Waals surface area (Å²) in [4.78, 5) is 11.6. The Kier molecular flexibility index (Phi) is 3.20. The van der Waals surface area contributed by atoms with Crippen LogP contribution in [-0.2, 0) is 4.74 Å². The van der Waals surface area contributed by atoms with Gasteiger partial charge in [0.25, 0.3) is 0 Å². The van der Waals surface area contributed by atoms with Gasteiger partial charge in [-0.05, 0) is 36.8 Å². The minimum Gasteiger partial charge on any atom is -0.464 e. The van der Waals surface area contributed by atoms with E-state index in [2.05, 4.69) is 0 Å². The van der Waals surface area contributed by atoms with E-state index in [1.807, 2.05) is 31.3 Å². The molecule has 88 valence electrons. The SMILES string of the molecule is COC(=O)c1cccn1-c1cc(Cl)ccc1C. The Morgan fingerprint density at radius 2 is 2.12 bits per heavy atom. The molecule has 17 heavy (non-hydrogen) atoms. The number of aryl methyl sites for hydroxylation is 1. The van der Waals surface area contributed by atoms with Gasteiger partial charge >= 0.3 is 5.97 Å². The summed E-state index contributed by atoms with van der Waals surface area (Å²) in [5.74, 6) is -0.366. The molecule has 0 atom stereocenters. The summed E-state index contributed by atoms with van der Waals surface area (Å²) in [7, 11) is 1.37. The first-order valence-electron chi connectivity index (χ1n) is 5.15. The van der Waals surface area contributed by atoms with Gasteiger partial charge in [0.2, 0.25) is 0 Å². The fraction of sp³-hybridized carbons (Fsp3) is 0.154. The predicted molar refractivity (Wildman–Crippen MR) is 66.9 cm³/mol. The summed E-state index contributed by atoms with van der Waals surface area (Å²) in [5, 5.41) is 0.634. The van der Waals surface area contributed by atoms with Crippen LogP contribution in [0.1, 0.15) is 16.1 Å². The molecule has 0 spiro atoms. The Balaban J connectivity index is 2.57. The van der Waals surface area contributed by atoms with E-state index in [0.717, 1.165) is 11.3 Å². The molecular formula is C13H12ClNO2. The van der Waals surface area contributed by atoms with Crippen molar-refractivity contribution in [2.24, 2.45) is 0 Å². The molecular weight excluding hydrogens is 238 g/mol. The van der Waals surface area contributed by atoms with Gasteiger partial charge in [-0.3, -0.25) is 0 Å². The molecule has 0 aliphatic heterocycles. The quantitative estimate of drug-likeness (QED) is 0.766. The molecule has 4 heteroatoms. The normalized spacial score (nSPS) is 10.3. The fourth-order valence-corrected chi connectivity index (χ4v) is 1.87. The highest BCUT2D eigenvalue weighted by molar-refractivity contribution is 6.30. The highest BCUT2D eigenvalue weighted by Crippen LogP contribution is 2.21. The zero-order valence-electron chi connectivity index (χ0n) is 9.61. The van der Waals surface area contributed by atoms with Gasteiger partial charge in [0.1, 0.15) is 5.69 Å². The first kappa shape index (κ1) is 11.7. The second-order valence-electron chi connectivity index (χ2n) is 3.69. The van der Waals surface area contributed by atoms with Crippen molar-refractivity contribution in [1.82, 2.24) is 4.57 Å². The van der Waals surface area contributed by atoms with E-state index in [4.69, 9.17) is 16.3 Å². The minimum atomic E-state index is -0.366. The number of methoxy groups -OCH3 is 1. The minimum absolute atomic E-state index is 0.366. The second-order valence-corrected chi connectivity index (χ2v) is 4.12. The summed E-state index contributed by atoms with van der Waals surface area (Å²) >= 11 is 5.97. The summed E-state index contributed by atoms with van der Waals surface area (Å²) in [6.07, 6.45) is 1.81. The third-order valence-corrected chi connectivity index (χ3v) is 2.81. The van der Waals surface area contributed by atoms with Crippen molar-refractivity contribution < 1.29 is 9.53 Å². The molecule has 0 amide bonds. The van der Waals surface area contributed by atoms with Crippen LogP contribution in [-0.4, -0.2) is 17.6 Å². The van der Waals surface area contributed by atoms with Gasteiger partial charge in [-0.15, -0.1) is 0 Å². The van der Waals surface area contributed by atoms with E-state index in [0.29, 0.717) is 10.7 Å². The number of hydrogen-bond acceptors (Lipinski definition) is 2. The van der Waals surface area contributed by atoms with Crippen LogP contribution in [0, 0.1) is 6.92 Å². The lowest BCUT2D eigenvalue weighted by Gasteiger charge is -2.11. The van der Waals surface area contributed by atoms with E-state index >= 15 is 0 Å². The molecule has 2 rings (SSSR count). The van der Waals surface area contributed by atoms with Gasteiger partial charge in [-0.1, -0.05) is 17.7 Å². The van der Waals surface area contributed by atoms with Crippen molar-refractivity contribution >= 4 is 17.6 Å². The first-order chi connectivity index (χ1) is 8.13. The van der Waals surface area contributed by atoms with Crippen molar-refractivity contribution in [2.45, 2.75) is 6.92 Å². The molecule has 0 bridgehead atoms. The van der Waals surface area contributed by atoms with Crippen molar-refractivity contribution in [2.75, 3.05) is 7.11 Å². The van der Waals surface area contributed by atoms with Gasteiger partial charge in [0, 0.05) is 11.2 Å². The van der Waals surface area contributed by atoms with Crippen LogP contribution in [0.15, 0.2) is 36.5 Å². The Morgan fingerprint density at radius 1 is 1.35 bits per heavy atom. The summed E-state index contributed by atoms with van der Waals surface area (Å²) in [6, 6.07) is 9.07. The number of nitrogens with zero attached hydrogens (tertiary/aromatic N) is 1. The highest BCUT2D eigenvalue weighted by Gasteiger charge is 2.13. The van der Waals surface area contributed by atoms with Gasteiger partial charge in [0.15, 0.2) is 0 Å². The molecule has 0 aliphatic rings. The number of ether oxygens (including phenoxy) is 1. The molecule has 2 aromatic rings. The molecule has 0 fully saturated rings. The second kappa shape index (κ2) is 4.63. The zero-order valence-corrected chi connectivity index (χ0v) is 10.4. The Bertz CT molecular complexity index is 560. The fourth-order valence-electron chi connectivity index (χ4n) is 1.70. The topological polar surface area (TPSA) is 31.2 Å². The van der Waals surface area contributed by atoms with Gasteiger partial charge in [0.05, 0.1) is 12.8 Å². The summed E-state index contributed by atoms with van der Waals surface area (Å²) in [5.41, 5.74) is 2.40. The lowest BCUT2D eigenvalue weighted by molar-refractivity contribution is 0.0591. The standard InChI is InChI=1S/C13H12ClNO2/c1-9-5-6-10(14)8-12(9)15-7-3-4-11(15)13(16)17-2/h3-8H,1-2H3. The van der Waals surface area contributed by atoms with Crippen LogP contribution in [0.4, 0.5) is 0 Å². The van der Waals surface area contributed by atoms with E-state index < -0.39 is 0 Å². The van der Waals surface area contributed by atoms with E-state index in [9.17, 15) is 4.79 Å². The lowest BCUT2D eigenvalue weighted by Crippen LogP contribution is -2.09. The maximum Gasteiger partial charge on any atom is 0.355 e. The van der Waals surface area contributed by atoms with Crippen LogP contribution >= 0.6 is 11.6 Å². The average molecular weight is 250 g/mol. The van der Waals surface area contributed by atoms with Gasteiger partial charge in [-0.25, -0.2) is 4.79 Å². The molecule has 0 saturated heterocycles. The van der Waals surface area contributed by atoms with Crippen LogP contribution < -0.4 is 0 Å². The first-order valence-corrected chi connectivity index (χ1v) is 5.53. The molecule has 0 unspecified atom stereocenters. The Labute approximate surface area is 105 Å². The Morgan fingerprint density at radius 3 is 2.82 bits per heavy atom.